The number of carbonyl (C=O) groups excluding carboxylic acids is 2. The number of hydrogen-bond donors (Lipinski definition) is 2. The Kier molecular flexibility index (Phi) is 5.44. The number of anilines is 1. The van der Waals surface area contributed by atoms with Gasteiger partial charge in [0.25, 0.3) is 5.91 Å². The Hall–Kier alpha value is -3.61. The van der Waals surface area contributed by atoms with Crippen molar-refractivity contribution in [2.24, 2.45) is 0 Å². The standard InChI is InChI=1S/C21H21N3O4/c1-13-8-10-16(11-9-13)24-15(3)20(14(2)23-24)22-19(26)12-28-21(27)17-6-4-5-7-18(17)25/h4-11,25H,12H2,1-3H3,(H,22,26). The van der Waals surface area contributed by atoms with Crippen LogP contribution in [0.4, 0.5) is 5.69 Å². The molecule has 3 rings (SSSR count). The molecule has 0 spiro atoms. The normalized spacial score (nSPS) is 10.5. The summed E-state index contributed by atoms with van der Waals surface area (Å²) >= 11 is 0. The Labute approximate surface area is 162 Å². The van der Waals surface area contributed by atoms with Gasteiger partial charge in [0, 0.05) is 0 Å². The molecular formula is C21H21N3O4. The van der Waals surface area contributed by atoms with Crippen LogP contribution in [0.25, 0.3) is 5.69 Å². The lowest BCUT2D eigenvalue weighted by atomic mass is 10.2. The van der Waals surface area contributed by atoms with E-state index in [1.54, 1.807) is 23.7 Å². The monoisotopic (exact) mass is 379 g/mol. The van der Waals surface area contributed by atoms with Gasteiger partial charge in [0.05, 0.1) is 22.8 Å². The van der Waals surface area contributed by atoms with Crippen LogP contribution in [0.15, 0.2) is 48.5 Å². The number of benzene rings is 2. The molecule has 0 bridgehead atoms. The molecule has 28 heavy (non-hydrogen) atoms. The highest BCUT2D eigenvalue weighted by Crippen LogP contribution is 2.23. The number of nitrogens with one attached hydrogen (secondary N) is 1. The summed E-state index contributed by atoms with van der Waals surface area (Å²) in [5.41, 5.74) is 4.03. The van der Waals surface area contributed by atoms with Gasteiger partial charge in [-0.1, -0.05) is 29.8 Å². The third kappa shape index (κ3) is 4.03. The van der Waals surface area contributed by atoms with E-state index in [0.29, 0.717) is 11.4 Å². The van der Waals surface area contributed by atoms with Gasteiger partial charge in [-0.15, -0.1) is 0 Å². The smallest absolute Gasteiger partial charge is 0.342 e. The van der Waals surface area contributed by atoms with E-state index in [-0.39, 0.29) is 11.3 Å². The number of amides is 1. The molecule has 0 aliphatic carbocycles. The topological polar surface area (TPSA) is 93.5 Å². The van der Waals surface area contributed by atoms with Crippen molar-refractivity contribution in [2.45, 2.75) is 20.8 Å². The molecule has 0 aliphatic rings. The molecule has 144 valence electrons. The van der Waals surface area contributed by atoms with Crippen molar-refractivity contribution in [3.8, 4) is 11.4 Å². The summed E-state index contributed by atoms with van der Waals surface area (Å²) < 4.78 is 6.74. The number of aromatic nitrogens is 2. The second-order valence-corrected chi connectivity index (χ2v) is 6.43. The van der Waals surface area contributed by atoms with Crippen molar-refractivity contribution in [2.75, 3.05) is 11.9 Å². The maximum atomic E-state index is 12.2. The van der Waals surface area contributed by atoms with Gasteiger partial charge in [-0.2, -0.15) is 5.10 Å². The predicted octanol–water partition coefficient (Wildman–Crippen LogP) is 3.30. The van der Waals surface area contributed by atoms with Gasteiger partial charge < -0.3 is 15.2 Å². The number of para-hydroxylation sites is 1. The maximum absolute atomic E-state index is 12.2. The number of rotatable bonds is 5. The third-order valence-corrected chi connectivity index (χ3v) is 4.29. The Balaban J connectivity index is 1.68. The average Bonchev–Trinajstić information content (AvgIpc) is 2.95. The molecule has 3 aromatic rings. The Bertz CT molecular complexity index is 1020. The SMILES string of the molecule is Cc1ccc(-n2nc(C)c(NC(=O)COC(=O)c3ccccc3O)c2C)cc1. The highest BCUT2D eigenvalue weighted by atomic mass is 16.5. The highest BCUT2D eigenvalue weighted by molar-refractivity contribution is 5.97. The summed E-state index contributed by atoms with van der Waals surface area (Å²) in [7, 11) is 0. The molecule has 2 aromatic carbocycles. The van der Waals surface area contributed by atoms with Gasteiger partial charge in [-0.3, -0.25) is 4.79 Å². The first-order valence-electron chi connectivity index (χ1n) is 8.75. The van der Waals surface area contributed by atoms with Crippen LogP contribution in [-0.4, -0.2) is 33.4 Å². The van der Waals surface area contributed by atoms with E-state index < -0.39 is 18.5 Å². The highest BCUT2D eigenvalue weighted by Gasteiger charge is 2.17. The molecule has 0 atom stereocenters. The van der Waals surface area contributed by atoms with Crippen LogP contribution < -0.4 is 5.32 Å². The van der Waals surface area contributed by atoms with E-state index in [2.05, 4.69) is 10.4 Å². The maximum Gasteiger partial charge on any atom is 0.342 e. The number of nitrogens with zero attached hydrogens (tertiary/aromatic N) is 2. The quantitative estimate of drug-likeness (QED) is 0.664. The van der Waals surface area contributed by atoms with Crippen molar-refractivity contribution in [1.29, 1.82) is 0 Å². The third-order valence-electron chi connectivity index (χ3n) is 4.29. The molecule has 1 amide bonds. The number of carbonyl (C=O) groups is 2. The second-order valence-electron chi connectivity index (χ2n) is 6.43. The van der Waals surface area contributed by atoms with Gasteiger partial charge in [-0.05, 0) is 45.0 Å². The number of ether oxygens (including phenoxy) is 1. The molecule has 7 nitrogen and oxygen atoms in total. The van der Waals surface area contributed by atoms with Crippen LogP contribution in [0.5, 0.6) is 5.75 Å². The number of phenols is 1. The number of aromatic hydroxyl groups is 1. The number of aryl methyl sites for hydroxylation is 2. The molecule has 7 heteroatoms. The lowest BCUT2D eigenvalue weighted by molar-refractivity contribution is -0.119. The van der Waals surface area contributed by atoms with Crippen LogP contribution in [0.1, 0.15) is 27.3 Å². The van der Waals surface area contributed by atoms with Crippen molar-refractivity contribution in [1.82, 2.24) is 9.78 Å². The minimum absolute atomic E-state index is 0.00912. The second kappa shape index (κ2) is 7.96. The van der Waals surface area contributed by atoms with E-state index in [1.807, 2.05) is 38.1 Å². The van der Waals surface area contributed by atoms with Gasteiger partial charge in [0.15, 0.2) is 6.61 Å². The predicted molar refractivity (Wildman–Crippen MR) is 105 cm³/mol. The molecule has 0 fully saturated rings. The van der Waals surface area contributed by atoms with Crippen molar-refractivity contribution in [3.05, 3.63) is 71.0 Å². The zero-order valence-electron chi connectivity index (χ0n) is 15.9. The lowest BCUT2D eigenvalue weighted by Gasteiger charge is -2.08. The van der Waals surface area contributed by atoms with Crippen LogP contribution >= 0.6 is 0 Å². The zero-order valence-corrected chi connectivity index (χ0v) is 15.9. The number of phenolic OH excluding ortho intramolecular Hbond substituents is 1. The van der Waals surface area contributed by atoms with E-state index in [4.69, 9.17) is 4.74 Å². The molecular weight excluding hydrogens is 358 g/mol. The Morgan fingerprint density at radius 2 is 1.75 bits per heavy atom. The lowest BCUT2D eigenvalue weighted by Crippen LogP contribution is -2.21. The largest absolute Gasteiger partial charge is 0.507 e. The minimum Gasteiger partial charge on any atom is -0.507 e. The van der Waals surface area contributed by atoms with Crippen molar-refractivity contribution < 1.29 is 19.4 Å². The Morgan fingerprint density at radius 3 is 2.43 bits per heavy atom. The molecule has 1 aromatic heterocycles. The van der Waals surface area contributed by atoms with E-state index >= 15 is 0 Å². The van der Waals surface area contributed by atoms with Crippen LogP contribution in [0.2, 0.25) is 0 Å². The summed E-state index contributed by atoms with van der Waals surface area (Å²) in [6, 6.07) is 13.9. The van der Waals surface area contributed by atoms with Crippen LogP contribution in [0.3, 0.4) is 0 Å². The number of hydrogen-bond acceptors (Lipinski definition) is 5. The average molecular weight is 379 g/mol. The molecule has 0 aliphatic heterocycles. The Morgan fingerprint density at radius 1 is 1.07 bits per heavy atom. The molecule has 0 saturated heterocycles. The number of esters is 1. The fourth-order valence-corrected chi connectivity index (χ4v) is 2.79. The summed E-state index contributed by atoms with van der Waals surface area (Å²) in [6.07, 6.45) is 0. The fourth-order valence-electron chi connectivity index (χ4n) is 2.79. The van der Waals surface area contributed by atoms with E-state index in [9.17, 15) is 14.7 Å². The first kappa shape index (κ1) is 19.2. The van der Waals surface area contributed by atoms with Crippen molar-refractivity contribution >= 4 is 17.6 Å². The van der Waals surface area contributed by atoms with Gasteiger partial charge in [0.1, 0.15) is 11.3 Å². The minimum atomic E-state index is -0.767. The zero-order chi connectivity index (χ0) is 20.3. The van der Waals surface area contributed by atoms with Gasteiger partial charge in [0.2, 0.25) is 0 Å². The van der Waals surface area contributed by atoms with Crippen LogP contribution in [0, 0.1) is 20.8 Å². The van der Waals surface area contributed by atoms with E-state index in [0.717, 1.165) is 16.9 Å². The fraction of sp³-hybridized carbons (Fsp3) is 0.190. The first-order valence-corrected chi connectivity index (χ1v) is 8.75. The molecule has 1 heterocycles. The van der Waals surface area contributed by atoms with Crippen molar-refractivity contribution in [3.63, 3.8) is 0 Å². The molecule has 0 unspecified atom stereocenters. The van der Waals surface area contributed by atoms with Crippen LogP contribution in [-0.2, 0) is 9.53 Å². The van der Waals surface area contributed by atoms with E-state index in [1.165, 1.54) is 12.1 Å². The summed E-state index contributed by atoms with van der Waals surface area (Å²) in [5.74, 6) is -1.45. The summed E-state index contributed by atoms with van der Waals surface area (Å²) in [6.45, 7) is 5.18. The summed E-state index contributed by atoms with van der Waals surface area (Å²) in [5, 5.41) is 16.9. The first-order chi connectivity index (χ1) is 13.4. The molecule has 0 saturated carbocycles. The van der Waals surface area contributed by atoms with Gasteiger partial charge >= 0.3 is 5.97 Å². The molecule has 0 radical (unpaired) electrons. The molecule has 2 N–H and O–H groups in total. The van der Waals surface area contributed by atoms with Gasteiger partial charge in [-0.25, -0.2) is 9.48 Å². The summed E-state index contributed by atoms with van der Waals surface area (Å²) in [4.78, 5) is 24.2.